The second-order valence-corrected chi connectivity index (χ2v) is 5.43. The summed E-state index contributed by atoms with van der Waals surface area (Å²) in [6, 6.07) is 5.72. The van der Waals surface area contributed by atoms with Crippen LogP contribution in [-0.4, -0.2) is 26.2 Å². The Balaban J connectivity index is 1.69. The molecule has 1 aromatic rings. The summed E-state index contributed by atoms with van der Waals surface area (Å²) in [6.45, 7) is 1.30. The number of methoxy groups -OCH3 is 1. The van der Waals surface area contributed by atoms with Crippen LogP contribution in [0.1, 0.15) is 30.7 Å². The zero-order chi connectivity index (χ0) is 13.9. The number of benzene rings is 1. The fourth-order valence-corrected chi connectivity index (χ4v) is 2.33. The third-order valence-corrected chi connectivity index (χ3v) is 3.79. The predicted molar refractivity (Wildman–Crippen MR) is 72.7 cm³/mol. The Hall–Kier alpha value is -1.75. The average molecular weight is 277 g/mol. The van der Waals surface area contributed by atoms with E-state index in [1.165, 1.54) is 12.8 Å². The van der Waals surface area contributed by atoms with E-state index in [2.05, 4.69) is 5.32 Å². The number of rotatable bonds is 6. The van der Waals surface area contributed by atoms with Crippen molar-refractivity contribution < 1.29 is 19.3 Å². The SMILES string of the molecule is COc1ccc(C2CNC(=O)C2)cc1OOCC1CC1. The highest BCUT2D eigenvalue weighted by atomic mass is 17.2. The summed E-state index contributed by atoms with van der Waals surface area (Å²) < 4.78 is 5.27. The molecule has 1 aromatic carbocycles. The van der Waals surface area contributed by atoms with Crippen LogP contribution in [0.3, 0.4) is 0 Å². The number of hydrogen-bond acceptors (Lipinski definition) is 4. The molecule has 2 aliphatic rings. The first-order valence-corrected chi connectivity index (χ1v) is 7.00. The van der Waals surface area contributed by atoms with Crippen molar-refractivity contribution in [3.63, 3.8) is 0 Å². The average Bonchev–Trinajstić information content (AvgIpc) is 3.18. The fourth-order valence-electron chi connectivity index (χ4n) is 2.33. The molecule has 5 heteroatoms. The first-order chi connectivity index (χ1) is 9.76. The third kappa shape index (κ3) is 3.04. The van der Waals surface area contributed by atoms with Crippen molar-refractivity contribution >= 4 is 5.91 Å². The van der Waals surface area contributed by atoms with Crippen molar-refractivity contribution in [2.24, 2.45) is 5.92 Å². The van der Waals surface area contributed by atoms with Gasteiger partial charge in [0.2, 0.25) is 11.7 Å². The molecule has 1 atom stereocenters. The Morgan fingerprint density at radius 3 is 2.80 bits per heavy atom. The van der Waals surface area contributed by atoms with Crippen LogP contribution >= 0.6 is 0 Å². The van der Waals surface area contributed by atoms with Gasteiger partial charge < -0.3 is 14.9 Å². The summed E-state index contributed by atoms with van der Waals surface area (Å²) in [5.74, 6) is 2.14. The summed E-state index contributed by atoms with van der Waals surface area (Å²) in [6.07, 6.45) is 2.96. The van der Waals surface area contributed by atoms with E-state index in [1.54, 1.807) is 7.11 Å². The maximum Gasteiger partial charge on any atom is 0.220 e. The molecule has 5 nitrogen and oxygen atoms in total. The van der Waals surface area contributed by atoms with E-state index in [0.717, 1.165) is 5.56 Å². The summed E-state index contributed by atoms with van der Waals surface area (Å²) >= 11 is 0. The van der Waals surface area contributed by atoms with Gasteiger partial charge in [-0.05, 0) is 36.5 Å². The van der Waals surface area contributed by atoms with Gasteiger partial charge in [0.05, 0.1) is 13.7 Å². The molecule has 2 fully saturated rings. The maximum atomic E-state index is 11.3. The summed E-state index contributed by atoms with van der Waals surface area (Å²) in [5.41, 5.74) is 1.06. The summed E-state index contributed by atoms with van der Waals surface area (Å²) in [5, 5.41) is 2.84. The standard InChI is InChI=1S/C15H19NO4/c1-18-13-5-4-11(12-7-15(17)16-8-12)6-14(13)20-19-9-10-2-3-10/h4-6,10,12H,2-3,7-9H2,1H3,(H,16,17). The van der Waals surface area contributed by atoms with E-state index in [9.17, 15) is 4.79 Å². The fraction of sp³-hybridized carbons (Fsp3) is 0.533. The lowest BCUT2D eigenvalue weighted by Gasteiger charge is -2.13. The minimum Gasteiger partial charge on any atom is -0.493 e. The molecule has 1 aliphatic heterocycles. The Kier molecular flexibility index (Phi) is 3.78. The molecule has 0 spiro atoms. The van der Waals surface area contributed by atoms with E-state index in [4.69, 9.17) is 14.5 Å². The molecule has 20 heavy (non-hydrogen) atoms. The van der Waals surface area contributed by atoms with E-state index in [-0.39, 0.29) is 11.8 Å². The molecule has 0 bridgehead atoms. The molecule has 3 rings (SSSR count). The number of carbonyl (C=O) groups is 1. The Labute approximate surface area is 118 Å². The minimum absolute atomic E-state index is 0.0956. The van der Waals surface area contributed by atoms with Gasteiger partial charge >= 0.3 is 0 Å². The van der Waals surface area contributed by atoms with E-state index in [1.807, 2.05) is 18.2 Å². The van der Waals surface area contributed by atoms with Crippen molar-refractivity contribution in [3.05, 3.63) is 23.8 Å². The van der Waals surface area contributed by atoms with E-state index < -0.39 is 0 Å². The highest BCUT2D eigenvalue weighted by Gasteiger charge is 2.25. The quantitative estimate of drug-likeness (QED) is 0.638. The maximum absolute atomic E-state index is 11.3. The normalized spacial score (nSPS) is 21.6. The van der Waals surface area contributed by atoms with Crippen molar-refractivity contribution in [1.29, 1.82) is 0 Å². The van der Waals surface area contributed by atoms with Gasteiger partial charge in [0.25, 0.3) is 0 Å². The highest BCUT2D eigenvalue weighted by molar-refractivity contribution is 5.79. The van der Waals surface area contributed by atoms with Crippen LogP contribution in [0, 0.1) is 5.92 Å². The summed E-state index contributed by atoms with van der Waals surface area (Å²) in [4.78, 5) is 21.9. The van der Waals surface area contributed by atoms with Crippen LogP contribution in [0.15, 0.2) is 18.2 Å². The largest absolute Gasteiger partial charge is 0.493 e. The van der Waals surface area contributed by atoms with Gasteiger partial charge in [0, 0.05) is 18.9 Å². The van der Waals surface area contributed by atoms with Gasteiger partial charge in [0.15, 0.2) is 5.75 Å². The molecule has 1 heterocycles. The first-order valence-electron chi connectivity index (χ1n) is 7.00. The van der Waals surface area contributed by atoms with Gasteiger partial charge in [-0.15, -0.1) is 0 Å². The van der Waals surface area contributed by atoms with E-state index in [0.29, 0.717) is 37.0 Å². The Morgan fingerprint density at radius 1 is 1.30 bits per heavy atom. The number of nitrogens with one attached hydrogen (secondary N) is 1. The van der Waals surface area contributed by atoms with Crippen molar-refractivity contribution in [1.82, 2.24) is 5.32 Å². The van der Waals surface area contributed by atoms with Crippen molar-refractivity contribution in [3.8, 4) is 11.5 Å². The monoisotopic (exact) mass is 277 g/mol. The molecule has 0 aromatic heterocycles. The second kappa shape index (κ2) is 5.71. The minimum atomic E-state index is 0.0956. The van der Waals surface area contributed by atoms with Crippen LogP contribution < -0.4 is 14.9 Å². The Morgan fingerprint density at radius 2 is 2.15 bits per heavy atom. The second-order valence-electron chi connectivity index (χ2n) is 5.43. The van der Waals surface area contributed by atoms with Crippen LogP contribution in [0.25, 0.3) is 0 Å². The molecule has 1 N–H and O–H groups in total. The van der Waals surface area contributed by atoms with Gasteiger partial charge in [-0.1, -0.05) is 6.07 Å². The number of amides is 1. The summed E-state index contributed by atoms with van der Waals surface area (Å²) in [7, 11) is 1.60. The molecular weight excluding hydrogens is 258 g/mol. The van der Waals surface area contributed by atoms with Gasteiger partial charge in [-0.3, -0.25) is 4.79 Å². The number of carbonyl (C=O) groups excluding carboxylic acids is 1. The third-order valence-electron chi connectivity index (χ3n) is 3.79. The lowest BCUT2D eigenvalue weighted by Crippen LogP contribution is -2.13. The van der Waals surface area contributed by atoms with Crippen LogP contribution in [0.5, 0.6) is 11.5 Å². The molecular formula is C15H19NO4. The molecule has 1 saturated carbocycles. The van der Waals surface area contributed by atoms with Crippen molar-refractivity contribution in [2.75, 3.05) is 20.3 Å². The van der Waals surface area contributed by atoms with Crippen LogP contribution in [0.4, 0.5) is 0 Å². The van der Waals surface area contributed by atoms with Crippen molar-refractivity contribution in [2.45, 2.75) is 25.2 Å². The lowest BCUT2D eigenvalue weighted by atomic mass is 9.98. The lowest BCUT2D eigenvalue weighted by molar-refractivity contribution is -0.211. The van der Waals surface area contributed by atoms with Gasteiger partial charge in [0.1, 0.15) is 0 Å². The topological polar surface area (TPSA) is 56.8 Å². The molecule has 1 saturated heterocycles. The molecule has 108 valence electrons. The Bertz CT molecular complexity index is 499. The molecule has 1 amide bonds. The van der Waals surface area contributed by atoms with Crippen LogP contribution in [0.2, 0.25) is 0 Å². The zero-order valence-corrected chi connectivity index (χ0v) is 11.6. The first kappa shape index (κ1) is 13.2. The highest BCUT2D eigenvalue weighted by Crippen LogP contribution is 2.34. The van der Waals surface area contributed by atoms with E-state index >= 15 is 0 Å². The smallest absolute Gasteiger partial charge is 0.220 e. The number of ether oxygens (including phenoxy) is 1. The van der Waals surface area contributed by atoms with Gasteiger partial charge in [-0.2, -0.15) is 4.89 Å². The zero-order valence-electron chi connectivity index (χ0n) is 11.6. The molecule has 0 radical (unpaired) electrons. The number of hydrogen-bond donors (Lipinski definition) is 1. The molecule has 1 aliphatic carbocycles. The predicted octanol–water partition coefficient (Wildman–Crippen LogP) is 2.02. The molecule has 1 unspecified atom stereocenters. The van der Waals surface area contributed by atoms with Crippen LogP contribution in [-0.2, 0) is 9.68 Å². The van der Waals surface area contributed by atoms with Gasteiger partial charge in [-0.25, -0.2) is 0 Å².